The van der Waals surface area contributed by atoms with Crippen molar-refractivity contribution in [1.29, 1.82) is 0 Å². The molecule has 6 nitrogen and oxygen atoms in total. The monoisotopic (exact) mass is 354 g/mol. The Hall–Kier alpha value is -2.39. The Morgan fingerprint density at radius 3 is 2.62 bits per heavy atom. The Balaban J connectivity index is 1.56. The van der Waals surface area contributed by atoms with Gasteiger partial charge in [0.25, 0.3) is 0 Å². The van der Waals surface area contributed by atoms with E-state index in [1.165, 1.54) is 12.8 Å². The molecule has 3 rings (SSSR count). The first-order chi connectivity index (χ1) is 12.7. The molecule has 138 valence electrons. The van der Waals surface area contributed by atoms with Gasteiger partial charge in [-0.3, -0.25) is 4.79 Å². The highest BCUT2D eigenvalue weighted by atomic mass is 16.5. The van der Waals surface area contributed by atoms with Crippen LogP contribution in [0.3, 0.4) is 0 Å². The van der Waals surface area contributed by atoms with Gasteiger partial charge in [-0.1, -0.05) is 24.8 Å². The van der Waals surface area contributed by atoms with Gasteiger partial charge in [0.2, 0.25) is 5.95 Å². The molecule has 0 aliphatic carbocycles. The highest BCUT2D eigenvalue weighted by Gasteiger charge is 2.40. The number of carbonyl (C=O) groups is 1. The lowest BCUT2D eigenvalue weighted by molar-refractivity contribution is -0.122. The molecule has 3 heterocycles. The minimum absolute atomic E-state index is 0.0867. The topological polar surface area (TPSA) is 58.6 Å². The van der Waals surface area contributed by atoms with E-state index in [-0.39, 0.29) is 19.0 Å². The second-order valence-electron chi connectivity index (χ2n) is 6.69. The molecule has 0 amide bonds. The molecule has 0 saturated carbocycles. The first-order valence-electron chi connectivity index (χ1n) is 9.26. The number of hydrogen-bond donors (Lipinski definition) is 0. The number of Topliss-reactive ketones (excluding diaryl/α,β-unsaturated/α-hetero) is 1. The Kier molecular flexibility index (Phi) is 6.24. The zero-order chi connectivity index (χ0) is 18.4. The third-order valence-electron chi connectivity index (χ3n) is 4.80. The summed E-state index contributed by atoms with van der Waals surface area (Å²) in [7, 11) is 0. The van der Waals surface area contributed by atoms with E-state index in [9.17, 15) is 4.79 Å². The summed E-state index contributed by atoms with van der Waals surface area (Å²) < 4.78 is 5.21. The summed E-state index contributed by atoms with van der Waals surface area (Å²) in [5.74, 6) is 6.76. The lowest BCUT2D eigenvalue weighted by Gasteiger charge is -2.40. The second-order valence-corrected chi connectivity index (χ2v) is 6.69. The van der Waals surface area contributed by atoms with Crippen molar-refractivity contribution in [3.8, 4) is 11.8 Å². The number of ketones is 1. The third-order valence-corrected chi connectivity index (χ3v) is 4.80. The van der Waals surface area contributed by atoms with Crippen LogP contribution in [0.4, 0.5) is 5.95 Å². The summed E-state index contributed by atoms with van der Waals surface area (Å²) >= 11 is 0. The summed E-state index contributed by atoms with van der Waals surface area (Å²) in [6.07, 6.45) is 10.7. The first kappa shape index (κ1) is 18.4. The molecule has 2 saturated heterocycles. The second kappa shape index (κ2) is 8.81. The summed E-state index contributed by atoms with van der Waals surface area (Å²) in [4.78, 5) is 25.0. The fraction of sp³-hybridized carbons (Fsp3) is 0.550. The van der Waals surface area contributed by atoms with Gasteiger partial charge in [0, 0.05) is 44.0 Å². The van der Waals surface area contributed by atoms with Gasteiger partial charge in [0.05, 0.1) is 5.56 Å². The van der Waals surface area contributed by atoms with E-state index < -0.39 is 0 Å². The van der Waals surface area contributed by atoms with Crippen LogP contribution in [-0.4, -0.2) is 59.0 Å². The van der Waals surface area contributed by atoms with E-state index in [2.05, 4.69) is 50.8 Å². The van der Waals surface area contributed by atoms with Gasteiger partial charge in [-0.05, 0) is 26.0 Å². The number of rotatable bonds is 6. The maximum absolute atomic E-state index is 11.1. The molecule has 2 unspecified atom stereocenters. The summed E-state index contributed by atoms with van der Waals surface area (Å²) in [5, 5.41) is 0. The van der Waals surface area contributed by atoms with E-state index in [0.717, 1.165) is 24.6 Å². The Morgan fingerprint density at radius 1 is 1.31 bits per heavy atom. The molecule has 0 N–H and O–H groups in total. The van der Waals surface area contributed by atoms with Crippen molar-refractivity contribution in [2.75, 3.05) is 31.2 Å². The number of likely N-dealkylation sites (tertiary alicyclic amines) is 1. The fourth-order valence-electron chi connectivity index (χ4n) is 3.57. The zero-order valence-electron chi connectivity index (χ0n) is 15.5. The standard InChI is InChI=1S/C20H26N4O2/c1-3-9-23-13-17-7-8-18(14-23)24(17)20-21-11-16(12-22-20)6-5-10-26-15-19(25)4-2/h3,9,11-12,17-18H,4,7-8,10,13-15H2,1-2H3/b9-3+. The van der Waals surface area contributed by atoms with Gasteiger partial charge in [-0.15, -0.1) is 0 Å². The van der Waals surface area contributed by atoms with Crippen molar-refractivity contribution in [1.82, 2.24) is 14.9 Å². The lowest BCUT2D eigenvalue weighted by atomic mass is 10.2. The Morgan fingerprint density at radius 2 is 2.00 bits per heavy atom. The van der Waals surface area contributed by atoms with Crippen LogP contribution in [0.5, 0.6) is 0 Å². The van der Waals surface area contributed by atoms with Gasteiger partial charge >= 0.3 is 0 Å². The molecule has 0 radical (unpaired) electrons. The minimum Gasteiger partial charge on any atom is -0.374 e. The van der Waals surface area contributed by atoms with E-state index in [4.69, 9.17) is 4.74 Å². The van der Waals surface area contributed by atoms with Crippen molar-refractivity contribution >= 4 is 11.7 Å². The zero-order valence-corrected chi connectivity index (χ0v) is 15.5. The number of hydrogen-bond acceptors (Lipinski definition) is 6. The molecule has 1 aromatic rings. The molecular formula is C20H26N4O2. The summed E-state index contributed by atoms with van der Waals surface area (Å²) in [5.41, 5.74) is 0.763. The van der Waals surface area contributed by atoms with E-state index in [1.807, 2.05) is 6.92 Å². The number of nitrogens with zero attached hydrogens (tertiary/aromatic N) is 4. The predicted molar refractivity (Wildman–Crippen MR) is 101 cm³/mol. The van der Waals surface area contributed by atoms with Crippen molar-refractivity contribution in [3.63, 3.8) is 0 Å². The van der Waals surface area contributed by atoms with Crippen molar-refractivity contribution in [2.24, 2.45) is 0 Å². The lowest BCUT2D eigenvalue weighted by Crippen LogP contribution is -2.52. The Labute approximate surface area is 155 Å². The molecule has 2 aliphatic heterocycles. The van der Waals surface area contributed by atoms with Crippen molar-refractivity contribution < 1.29 is 9.53 Å². The van der Waals surface area contributed by atoms with Crippen LogP contribution >= 0.6 is 0 Å². The molecule has 0 aromatic carbocycles. The maximum atomic E-state index is 11.1. The number of anilines is 1. The molecule has 2 aliphatic rings. The largest absolute Gasteiger partial charge is 0.374 e. The van der Waals surface area contributed by atoms with Crippen molar-refractivity contribution in [3.05, 3.63) is 30.2 Å². The average Bonchev–Trinajstić information content (AvgIpc) is 2.92. The summed E-state index contributed by atoms with van der Waals surface area (Å²) in [6, 6.07) is 0.956. The number of piperazine rings is 1. The maximum Gasteiger partial charge on any atom is 0.225 e. The smallest absolute Gasteiger partial charge is 0.225 e. The van der Waals surface area contributed by atoms with Gasteiger partial charge in [0.15, 0.2) is 5.78 Å². The molecule has 26 heavy (non-hydrogen) atoms. The van der Waals surface area contributed by atoms with Crippen LogP contribution < -0.4 is 4.90 Å². The van der Waals surface area contributed by atoms with Crippen LogP contribution in [0.1, 0.15) is 38.7 Å². The van der Waals surface area contributed by atoms with Crippen LogP contribution in [0.25, 0.3) is 0 Å². The number of aromatic nitrogens is 2. The highest BCUT2D eigenvalue weighted by Crippen LogP contribution is 2.32. The first-order valence-corrected chi connectivity index (χ1v) is 9.26. The molecule has 2 fully saturated rings. The molecule has 2 bridgehead atoms. The van der Waals surface area contributed by atoms with E-state index in [1.54, 1.807) is 12.4 Å². The van der Waals surface area contributed by atoms with Gasteiger partial charge in [0.1, 0.15) is 13.2 Å². The van der Waals surface area contributed by atoms with Crippen LogP contribution in [-0.2, 0) is 9.53 Å². The fourth-order valence-corrected chi connectivity index (χ4v) is 3.57. The molecule has 2 atom stereocenters. The van der Waals surface area contributed by atoms with E-state index in [0.29, 0.717) is 18.5 Å². The third kappa shape index (κ3) is 4.41. The SMILES string of the molecule is C/C=C/N1CC2CCC(C1)N2c1ncc(C#CCOCC(=O)CC)cn1. The van der Waals surface area contributed by atoms with Gasteiger partial charge < -0.3 is 14.5 Å². The van der Waals surface area contributed by atoms with Crippen LogP contribution in [0, 0.1) is 11.8 Å². The number of carbonyl (C=O) groups excluding carboxylic acids is 1. The molecule has 0 spiro atoms. The molecule has 6 heteroatoms. The average molecular weight is 354 g/mol. The highest BCUT2D eigenvalue weighted by molar-refractivity contribution is 5.79. The number of allylic oxidation sites excluding steroid dienone is 1. The predicted octanol–water partition coefficient (Wildman–Crippen LogP) is 2.01. The van der Waals surface area contributed by atoms with Crippen LogP contribution in [0.2, 0.25) is 0 Å². The molecular weight excluding hydrogens is 328 g/mol. The van der Waals surface area contributed by atoms with Gasteiger partial charge in [-0.2, -0.15) is 0 Å². The minimum atomic E-state index is 0.0867. The van der Waals surface area contributed by atoms with E-state index >= 15 is 0 Å². The normalized spacial score (nSPS) is 21.8. The summed E-state index contributed by atoms with van der Waals surface area (Å²) in [6.45, 7) is 6.30. The molecule has 1 aromatic heterocycles. The van der Waals surface area contributed by atoms with Crippen molar-refractivity contribution in [2.45, 2.75) is 45.2 Å². The van der Waals surface area contributed by atoms with Gasteiger partial charge in [-0.25, -0.2) is 9.97 Å². The quantitative estimate of drug-likeness (QED) is 0.575. The van der Waals surface area contributed by atoms with Crippen LogP contribution in [0.15, 0.2) is 24.7 Å². The number of fused-ring (bicyclic) bond motifs is 2. The number of ether oxygens (including phenoxy) is 1. The Bertz CT molecular complexity index is 691.